The minimum atomic E-state index is -0.0538. The Morgan fingerprint density at radius 1 is 0.905 bits per heavy atom. The Bertz CT molecular complexity index is 472. The van der Waals surface area contributed by atoms with Gasteiger partial charge in [-0.3, -0.25) is 0 Å². The van der Waals surface area contributed by atoms with Crippen LogP contribution in [-0.2, 0) is 5.54 Å². The van der Waals surface area contributed by atoms with Crippen LogP contribution in [0.4, 0.5) is 0 Å². The fraction of sp³-hybridized carbons (Fsp3) is 0.700. The molecule has 1 heteroatoms. The van der Waals surface area contributed by atoms with Crippen molar-refractivity contribution in [3.8, 4) is 0 Å². The van der Waals surface area contributed by atoms with Crippen LogP contribution < -0.4 is 5.73 Å². The van der Waals surface area contributed by atoms with Crippen LogP contribution in [0.5, 0.6) is 0 Å². The van der Waals surface area contributed by atoms with E-state index in [4.69, 9.17) is 5.73 Å². The van der Waals surface area contributed by atoms with Crippen molar-refractivity contribution < 1.29 is 0 Å². The molecule has 0 aromatic heterocycles. The lowest BCUT2D eigenvalue weighted by Gasteiger charge is -2.39. The van der Waals surface area contributed by atoms with Gasteiger partial charge in [-0.15, -0.1) is 0 Å². The van der Waals surface area contributed by atoms with Crippen molar-refractivity contribution in [2.75, 3.05) is 0 Å². The summed E-state index contributed by atoms with van der Waals surface area (Å²) in [6.45, 7) is 4.83. The second-order valence-corrected chi connectivity index (χ2v) is 8.24. The molecule has 2 N–H and O–H groups in total. The average Bonchev–Trinajstić information content (AvgIpc) is 2.48. The minimum Gasteiger partial charge on any atom is -0.321 e. The van der Waals surface area contributed by atoms with Gasteiger partial charge in [0, 0.05) is 5.54 Å². The molecule has 0 amide bonds. The Kier molecular flexibility index (Phi) is 4.14. The van der Waals surface area contributed by atoms with Gasteiger partial charge in [0.2, 0.25) is 0 Å². The molecule has 2 aliphatic carbocycles. The molecular formula is C20H31N. The van der Waals surface area contributed by atoms with E-state index in [1.54, 1.807) is 5.56 Å². The molecule has 0 radical (unpaired) electrons. The molecule has 0 unspecified atom stereocenters. The van der Waals surface area contributed by atoms with Crippen LogP contribution >= 0.6 is 0 Å². The molecule has 0 bridgehead atoms. The highest BCUT2D eigenvalue weighted by Crippen LogP contribution is 2.46. The van der Waals surface area contributed by atoms with Crippen molar-refractivity contribution >= 4 is 0 Å². The van der Waals surface area contributed by atoms with Crippen molar-refractivity contribution in [2.24, 2.45) is 11.1 Å². The predicted molar refractivity (Wildman–Crippen MR) is 90.4 cm³/mol. The third-order valence-corrected chi connectivity index (χ3v) is 6.02. The summed E-state index contributed by atoms with van der Waals surface area (Å²) in [5, 5.41) is 0. The van der Waals surface area contributed by atoms with Crippen LogP contribution in [0.15, 0.2) is 24.3 Å². The highest BCUT2D eigenvalue weighted by atomic mass is 14.7. The van der Waals surface area contributed by atoms with E-state index in [2.05, 4.69) is 38.1 Å². The SMILES string of the molecule is CC1(C)CCC(c2ccccc2C2(N)CCCCC2)CC1. The van der Waals surface area contributed by atoms with E-state index in [9.17, 15) is 0 Å². The molecule has 0 saturated heterocycles. The lowest BCUT2D eigenvalue weighted by molar-refractivity contribution is 0.221. The fourth-order valence-corrected chi connectivity index (χ4v) is 4.47. The van der Waals surface area contributed by atoms with Crippen LogP contribution in [0, 0.1) is 5.41 Å². The normalized spacial score (nSPS) is 25.7. The predicted octanol–water partition coefficient (Wildman–Crippen LogP) is 5.49. The zero-order valence-corrected chi connectivity index (χ0v) is 13.8. The number of hydrogen-bond donors (Lipinski definition) is 1. The van der Waals surface area contributed by atoms with E-state index >= 15 is 0 Å². The number of nitrogens with two attached hydrogens (primary N) is 1. The highest BCUT2D eigenvalue weighted by molar-refractivity contribution is 5.37. The first-order valence-corrected chi connectivity index (χ1v) is 8.89. The quantitative estimate of drug-likeness (QED) is 0.764. The standard InChI is InChI=1S/C20H31N/c1-19(2)14-10-16(11-15-19)17-8-4-5-9-18(17)20(21)12-6-3-7-13-20/h4-5,8-9,16H,3,6-7,10-15,21H2,1-2H3. The van der Waals surface area contributed by atoms with Gasteiger partial charge in [-0.05, 0) is 61.0 Å². The first-order valence-electron chi connectivity index (χ1n) is 8.89. The molecule has 1 aromatic carbocycles. The molecule has 21 heavy (non-hydrogen) atoms. The third kappa shape index (κ3) is 3.18. The minimum absolute atomic E-state index is 0.0538. The van der Waals surface area contributed by atoms with Crippen molar-refractivity contribution in [1.82, 2.24) is 0 Å². The maximum absolute atomic E-state index is 6.84. The van der Waals surface area contributed by atoms with Crippen LogP contribution in [0.3, 0.4) is 0 Å². The van der Waals surface area contributed by atoms with Gasteiger partial charge in [-0.2, -0.15) is 0 Å². The zero-order valence-electron chi connectivity index (χ0n) is 13.8. The lowest BCUT2D eigenvalue weighted by atomic mass is 9.68. The van der Waals surface area contributed by atoms with E-state index in [-0.39, 0.29) is 5.54 Å². The zero-order chi connectivity index (χ0) is 14.9. The maximum atomic E-state index is 6.84. The topological polar surface area (TPSA) is 26.0 Å². The fourth-order valence-electron chi connectivity index (χ4n) is 4.47. The van der Waals surface area contributed by atoms with Gasteiger partial charge in [-0.25, -0.2) is 0 Å². The van der Waals surface area contributed by atoms with Crippen molar-refractivity contribution in [3.05, 3.63) is 35.4 Å². The maximum Gasteiger partial charge on any atom is 0.0412 e. The Morgan fingerprint density at radius 2 is 1.52 bits per heavy atom. The van der Waals surface area contributed by atoms with Gasteiger partial charge in [-0.1, -0.05) is 57.4 Å². The van der Waals surface area contributed by atoms with Gasteiger partial charge in [0.05, 0.1) is 0 Å². The first kappa shape index (κ1) is 15.1. The van der Waals surface area contributed by atoms with Crippen LogP contribution in [0.25, 0.3) is 0 Å². The molecule has 3 rings (SSSR count). The van der Waals surface area contributed by atoms with E-state index in [0.717, 1.165) is 5.92 Å². The number of rotatable bonds is 2. The molecule has 2 saturated carbocycles. The van der Waals surface area contributed by atoms with Gasteiger partial charge >= 0.3 is 0 Å². The summed E-state index contributed by atoms with van der Waals surface area (Å²) in [6, 6.07) is 9.08. The highest BCUT2D eigenvalue weighted by Gasteiger charge is 2.34. The Morgan fingerprint density at radius 3 is 2.19 bits per heavy atom. The summed E-state index contributed by atoms with van der Waals surface area (Å²) in [5.41, 5.74) is 10.4. The van der Waals surface area contributed by atoms with Crippen molar-refractivity contribution in [3.63, 3.8) is 0 Å². The summed E-state index contributed by atoms with van der Waals surface area (Å²) >= 11 is 0. The van der Waals surface area contributed by atoms with Crippen LogP contribution in [-0.4, -0.2) is 0 Å². The second kappa shape index (κ2) is 5.76. The van der Waals surface area contributed by atoms with Gasteiger partial charge in [0.1, 0.15) is 0 Å². The van der Waals surface area contributed by atoms with E-state index in [0.29, 0.717) is 5.41 Å². The van der Waals surface area contributed by atoms with Gasteiger partial charge < -0.3 is 5.73 Å². The van der Waals surface area contributed by atoms with Crippen molar-refractivity contribution in [2.45, 2.75) is 83.1 Å². The molecule has 116 valence electrons. The first-order chi connectivity index (χ1) is 10.0. The summed E-state index contributed by atoms with van der Waals surface area (Å²) in [5.74, 6) is 0.733. The van der Waals surface area contributed by atoms with Crippen molar-refractivity contribution in [1.29, 1.82) is 0 Å². The summed E-state index contributed by atoms with van der Waals surface area (Å²) in [7, 11) is 0. The number of benzene rings is 1. The van der Waals surface area contributed by atoms with Gasteiger partial charge in [0.25, 0.3) is 0 Å². The molecule has 2 aliphatic rings. The van der Waals surface area contributed by atoms with Crippen LogP contribution in [0.1, 0.15) is 88.7 Å². The Balaban J connectivity index is 1.86. The largest absolute Gasteiger partial charge is 0.321 e. The molecule has 2 fully saturated rings. The monoisotopic (exact) mass is 285 g/mol. The molecule has 0 heterocycles. The lowest BCUT2D eigenvalue weighted by Crippen LogP contribution is -2.40. The molecule has 1 aromatic rings. The second-order valence-electron chi connectivity index (χ2n) is 8.24. The molecule has 0 spiro atoms. The van der Waals surface area contributed by atoms with E-state index in [1.165, 1.54) is 63.4 Å². The molecule has 1 nitrogen and oxygen atoms in total. The smallest absolute Gasteiger partial charge is 0.0412 e. The van der Waals surface area contributed by atoms with Crippen LogP contribution in [0.2, 0.25) is 0 Å². The number of hydrogen-bond acceptors (Lipinski definition) is 1. The molecular weight excluding hydrogens is 254 g/mol. The Labute approximate surface area is 130 Å². The molecule has 0 aliphatic heterocycles. The summed E-state index contributed by atoms with van der Waals surface area (Å²) in [4.78, 5) is 0. The molecule has 0 atom stereocenters. The van der Waals surface area contributed by atoms with E-state index in [1.807, 2.05) is 0 Å². The van der Waals surface area contributed by atoms with E-state index < -0.39 is 0 Å². The van der Waals surface area contributed by atoms with Gasteiger partial charge in [0.15, 0.2) is 0 Å². The Hall–Kier alpha value is -0.820. The summed E-state index contributed by atoms with van der Waals surface area (Å²) < 4.78 is 0. The average molecular weight is 285 g/mol. The third-order valence-electron chi connectivity index (χ3n) is 6.02. The summed E-state index contributed by atoms with van der Waals surface area (Å²) in [6.07, 6.45) is 11.7.